The predicted molar refractivity (Wildman–Crippen MR) is 70.7 cm³/mol. The van der Waals surface area contributed by atoms with Gasteiger partial charge in [0.05, 0.1) is 6.67 Å². The number of benzene rings is 2. The fourth-order valence-corrected chi connectivity index (χ4v) is 1.99. The third-order valence-corrected chi connectivity index (χ3v) is 2.97. The molecule has 0 saturated heterocycles. The van der Waals surface area contributed by atoms with E-state index < -0.39 is 0 Å². The van der Waals surface area contributed by atoms with Crippen LogP contribution < -0.4 is 0 Å². The minimum atomic E-state index is -0.301. The molecule has 2 aromatic rings. The van der Waals surface area contributed by atoms with Crippen LogP contribution in [0.3, 0.4) is 0 Å². The summed E-state index contributed by atoms with van der Waals surface area (Å²) in [4.78, 5) is 0. The highest BCUT2D eigenvalue weighted by atomic mass is 19.1. The van der Waals surface area contributed by atoms with Crippen molar-refractivity contribution < 1.29 is 8.78 Å². The molecule has 0 aromatic heterocycles. The minimum Gasteiger partial charge on any atom is -0.251 e. The Labute approximate surface area is 106 Å². The van der Waals surface area contributed by atoms with E-state index in [-0.39, 0.29) is 12.5 Å². The van der Waals surface area contributed by atoms with Crippen molar-refractivity contribution in [1.82, 2.24) is 0 Å². The van der Waals surface area contributed by atoms with Crippen LogP contribution in [0.1, 0.15) is 18.4 Å². The van der Waals surface area contributed by atoms with Gasteiger partial charge >= 0.3 is 0 Å². The molecule has 0 aliphatic heterocycles. The second-order valence-corrected chi connectivity index (χ2v) is 4.33. The average Bonchev–Trinajstić information content (AvgIpc) is 2.40. The second-order valence-electron chi connectivity index (χ2n) is 4.33. The maximum absolute atomic E-state index is 14.0. The maximum Gasteiger partial charge on any atom is 0.131 e. The third kappa shape index (κ3) is 3.16. The molecule has 0 bridgehead atoms. The predicted octanol–water partition coefficient (Wildman–Crippen LogP) is 4.78. The van der Waals surface area contributed by atoms with Crippen molar-refractivity contribution in [2.24, 2.45) is 0 Å². The number of alkyl halides is 1. The molecule has 0 radical (unpaired) electrons. The molecular weight excluding hydrogens is 230 g/mol. The van der Waals surface area contributed by atoms with Crippen LogP contribution >= 0.6 is 0 Å². The highest BCUT2D eigenvalue weighted by Gasteiger charge is 2.05. The Balaban J connectivity index is 2.15. The lowest BCUT2D eigenvalue weighted by Gasteiger charge is -2.06. The lowest BCUT2D eigenvalue weighted by Crippen LogP contribution is -1.91. The van der Waals surface area contributed by atoms with Gasteiger partial charge in [0.15, 0.2) is 0 Å². The van der Waals surface area contributed by atoms with Crippen LogP contribution in [0.25, 0.3) is 11.1 Å². The van der Waals surface area contributed by atoms with Crippen molar-refractivity contribution in [3.8, 4) is 11.1 Å². The first-order valence-electron chi connectivity index (χ1n) is 6.21. The molecule has 0 fully saturated rings. The molecule has 94 valence electrons. The Kier molecular flexibility index (Phi) is 4.46. The second kappa shape index (κ2) is 6.29. The van der Waals surface area contributed by atoms with Crippen molar-refractivity contribution in [3.63, 3.8) is 0 Å². The van der Waals surface area contributed by atoms with Crippen LogP contribution in [0, 0.1) is 5.82 Å². The van der Waals surface area contributed by atoms with Crippen LogP contribution in [0.2, 0.25) is 0 Å². The number of hydrogen-bond acceptors (Lipinski definition) is 0. The molecular formula is C16H16F2. The first-order valence-corrected chi connectivity index (χ1v) is 6.21. The van der Waals surface area contributed by atoms with Gasteiger partial charge in [-0.1, -0.05) is 42.5 Å². The molecule has 0 aliphatic carbocycles. The van der Waals surface area contributed by atoms with Gasteiger partial charge in [0.1, 0.15) is 5.82 Å². The zero-order chi connectivity index (χ0) is 12.8. The van der Waals surface area contributed by atoms with Gasteiger partial charge in [0, 0.05) is 5.56 Å². The molecule has 0 saturated carbocycles. The first-order chi connectivity index (χ1) is 8.81. The first kappa shape index (κ1) is 12.7. The molecule has 0 nitrogen and oxygen atoms in total. The zero-order valence-corrected chi connectivity index (χ0v) is 10.2. The van der Waals surface area contributed by atoms with E-state index in [2.05, 4.69) is 0 Å². The van der Waals surface area contributed by atoms with Gasteiger partial charge in [-0.25, -0.2) is 4.39 Å². The number of rotatable bonds is 5. The van der Waals surface area contributed by atoms with Gasteiger partial charge in [0.2, 0.25) is 0 Å². The van der Waals surface area contributed by atoms with Crippen LogP contribution in [-0.2, 0) is 6.42 Å². The summed E-state index contributed by atoms with van der Waals surface area (Å²) in [5.74, 6) is -0.209. The topological polar surface area (TPSA) is 0 Å². The molecule has 18 heavy (non-hydrogen) atoms. The third-order valence-electron chi connectivity index (χ3n) is 2.97. The van der Waals surface area contributed by atoms with E-state index in [9.17, 15) is 8.78 Å². The van der Waals surface area contributed by atoms with Crippen LogP contribution in [-0.4, -0.2) is 6.67 Å². The molecule has 0 N–H and O–H groups in total. The van der Waals surface area contributed by atoms with E-state index >= 15 is 0 Å². The number of unbranched alkanes of at least 4 members (excludes halogenated alkanes) is 1. The Bertz CT molecular complexity index is 492. The smallest absolute Gasteiger partial charge is 0.131 e. The van der Waals surface area contributed by atoms with Crippen molar-refractivity contribution in [2.75, 3.05) is 6.67 Å². The van der Waals surface area contributed by atoms with Crippen molar-refractivity contribution >= 4 is 0 Å². The van der Waals surface area contributed by atoms with Gasteiger partial charge in [-0.2, -0.15) is 0 Å². The van der Waals surface area contributed by atoms with E-state index in [1.807, 2.05) is 36.4 Å². The van der Waals surface area contributed by atoms with E-state index in [0.717, 1.165) is 24.0 Å². The van der Waals surface area contributed by atoms with Gasteiger partial charge in [-0.15, -0.1) is 0 Å². The van der Waals surface area contributed by atoms with Gasteiger partial charge in [0.25, 0.3) is 0 Å². The zero-order valence-electron chi connectivity index (χ0n) is 10.2. The summed E-state index contributed by atoms with van der Waals surface area (Å²) in [7, 11) is 0. The monoisotopic (exact) mass is 246 g/mol. The van der Waals surface area contributed by atoms with Crippen molar-refractivity contribution in [3.05, 3.63) is 59.9 Å². The summed E-state index contributed by atoms with van der Waals surface area (Å²) in [6.07, 6.45) is 2.04. The molecule has 0 spiro atoms. The molecule has 0 aliphatic rings. The summed E-state index contributed by atoms with van der Waals surface area (Å²) < 4.78 is 26.0. The highest BCUT2D eigenvalue weighted by molar-refractivity contribution is 5.64. The quantitative estimate of drug-likeness (QED) is 0.666. The lowest BCUT2D eigenvalue weighted by molar-refractivity contribution is 0.462. The minimum absolute atomic E-state index is 0.209. The number of halogens is 2. The Morgan fingerprint density at radius 2 is 1.67 bits per heavy atom. The summed E-state index contributed by atoms with van der Waals surface area (Å²) >= 11 is 0. The molecule has 2 aromatic carbocycles. The standard InChI is InChI=1S/C16H16F2/c17-11-5-4-6-13-9-10-15(16(18)12-13)14-7-2-1-3-8-14/h1-3,7-10,12H,4-6,11H2. The average molecular weight is 246 g/mol. The molecule has 2 heteroatoms. The summed E-state index contributed by atoms with van der Waals surface area (Å²) in [5, 5.41) is 0. The molecule has 0 amide bonds. The number of hydrogen-bond donors (Lipinski definition) is 0. The Morgan fingerprint density at radius 1 is 0.889 bits per heavy atom. The molecule has 2 rings (SSSR count). The maximum atomic E-state index is 14.0. The highest BCUT2D eigenvalue weighted by Crippen LogP contribution is 2.23. The summed E-state index contributed by atoms with van der Waals surface area (Å²) in [6, 6.07) is 14.8. The van der Waals surface area contributed by atoms with Crippen molar-refractivity contribution in [2.45, 2.75) is 19.3 Å². The largest absolute Gasteiger partial charge is 0.251 e. The van der Waals surface area contributed by atoms with Gasteiger partial charge in [-0.05, 0) is 36.5 Å². The van der Waals surface area contributed by atoms with Crippen LogP contribution in [0.5, 0.6) is 0 Å². The molecule has 0 unspecified atom stereocenters. The van der Waals surface area contributed by atoms with Crippen LogP contribution in [0.15, 0.2) is 48.5 Å². The van der Waals surface area contributed by atoms with Crippen LogP contribution in [0.4, 0.5) is 8.78 Å². The van der Waals surface area contributed by atoms with E-state index in [0.29, 0.717) is 12.0 Å². The fourth-order valence-electron chi connectivity index (χ4n) is 1.99. The normalized spacial score (nSPS) is 10.6. The lowest BCUT2D eigenvalue weighted by atomic mass is 10.0. The molecule has 0 heterocycles. The van der Waals surface area contributed by atoms with E-state index in [1.165, 1.54) is 0 Å². The summed E-state index contributed by atoms with van der Waals surface area (Å²) in [5.41, 5.74) is 2.43. The molecule has 0 atom stereocenters. The van der Waals surface area contributed by atoms with Gasteiger partial charge in [-0.3, -0.25) is 4.39 Å². The summed E-state index contributed by atoms with van der Waals surface area (Å²) in [6.45, 7) is -0.301. The van der Waals surface area contributed by atoms with Crippen molar-refractivity contribution in [1.29, 1.82) is 0 Å². The fraction of sp³-hybridized carbons (Fsp3) is 0.250. The Hall–Kier alpha value is -1.70. The number of aryl methyl sites for hydroxylation is 1. The van der Waals surface area contributed by atoms with Gasteiger partial charge < -0.3 is 0 Å². The van der Waals surface area contributed by atoms with E-state index in [1.54, 1.807) is 12.1 Å². The Morgan fingerprint density at radius 3 is 2.33 bits per heavy atom. The SMILES string of the molecule is FCCCCc1ccc(-c2ccccc2)c(F)c1. The van der Waals surface area contributed by atoms with E-state index in [4.69, 9.17) is 0 Å².